The SMILES string of the molecule is CCC[C@@H](N)C(=O)N1CCCC(C)(OC)C1. The van der Waals surface area contributed by atoms with Crippen LogP contribution in [0.15, 0.2) is 0 Å². The maximum absolute atomic E-state index is 12.0. The lowest BCUT2D eigenvalue weighted by molar-refractivity contribution is -0.140. The Hall–Kier alpha value is -0.610. The molecule has 94 valence electrons. The summed E-state index contributed by atoms with van der Waals surface area (Å²) in [5.74, 6) is 0.0739. The second-order valence-corrected chi connectivity index (χ2v) is 4.91. The fourth-order valence-corrected chi connectivity index (χ4v) is 2.23. The quantitative estimate of drug-likeness (QED) is 0.785. The van der Waals surface area contributed by atoms with Gasteiger partial charge in [-0.3, -0.25) is 4.79 Å². The smallest absolute Gasteiger partial charge is 0.239 e. The third-order valence-corrected chi connectivity index (χ3v) is 3.38. The van der Waals surface area contributed by atoms with Gasteiger partial charge in [-0.1, -0.05) is 13.3 Å². The molecule has 0 saturated carbocycles. The molecule has 0 bridgehead atoms. The summed E-state index contributed by atoms with van der Waals surface area (Å²) >= 11 is 0. The molecule has 0 aromatic rings. The number of nitrogens with zero attached hydrogens (tertiary/aromatic N) is 1. The molecular formula is C12H24N2O2. The van der Waals surface area contributed by atoms with E-state index in [1.165, 1.54) is 0 Å². The Balaban J connectivity index is 2.56. The number of rotatable bonds is 4. The van der Waals surface area contributed by atoms with Gasteiger partial charge in [-0.15, -0.1) is 0 Å². The molecule has 0 aromatic heterocycles. The highest BCUT2D eigenvalue weighted by Gasteiger charge is 2.34. The van der Waals surface area contributed by atoms with Gasteiger partial charge in [-0.25, -0.2) is 0 Å². The highest BCUT2D eigenvalue weighted by molar-refractivity contribution is 5.81. The van der Waals surface area contributed by atoms with Crippen molar-refractivity contribution in [2.75, 3.05) is 20.2 Å². The molecule has 1 fully saturated rings. The maximum atomic E-state index is 12.0. The van der Waals surface area contributed by atoms with Gasteiger partial charge in [0.2, 0.25) is 5.91 Å². The van der Waals surface area contributed by atoms with Gasteiger partial charge in [0.15, 0.2) is 0 Å². The lowest BCUT2D eigenvalue weighted by Gasteiger charge is -2.40. The summed E-state index contributed by atoms with van der Waals surface area (Å²) in [5, 5.41) is 0. The summed E-state index contributed by atoms with van der Waals surface area (Å²) in [6.45, 7) is 5.58. The number of hydrogen-bond donors (Lipinski definition) is 1. The van der Waals surface area contributed by atoms with E-state index in [0.717, 1.165) is 32.2 Å². The number of amides is 1. The van der Waals surface area contributed by atoms with Gasteiger partial charge >= 0.3 is 0 Å². The fourth-order valence-electron chi connectivity index (χ4n) is 2.23. The normalized spacial score (nSPS) is 27.9. The molecule has 1 heterocycles. The molecule has 2 atom stereocenters. The first-order valence-corrected chi connectivity index (χ1v) is 6.12. The number of carbonyl (C=O) groups is 1. The average Bonchev–Trinajstić information content (AvgIpc) is 2.28. The number of hydrogen-bond acceptors (Lipinski definition) is 3. The van der Waals surface area contributed by atoms with E-state index in [2.05, 4.69) is 6.92 Å². The van der Waals surface area contributed by atoms with E-state index in [9.17, 15) is 4.79 Å². The molecule has 1 amide bonds. The summed E-state index contributed by atoms with van der Waals surface area (Å²) < 4.78 is 5.46. The molecule has 2 N–H and O–H groups in total. The number of ether oxygens (including phenoxy) is 1. The third kappa shape index (κ3) is 3.19. The number of likely N-dealkylation sites (tertiary alicyclic amines) is 1. The molecule has 0 aliphatic carbocycles. The van der Waals surface area contributed by atoms with E-state index >= 15 is 0 Å². The Morgan fingerprint density at radius 1 is 1.62 bits per heavy atom. The monoisotopic (exact) mass is 228 g/mol. The first kappa shape index (κ1) is 13.5. The van der Waals surface area contributed by atoms with Crippen LogP contribution in [0.4, 0.5) is 0 Å². The molecular weight excluding hydrogens is 204 g/mol. The van der Waals surface area contributed by atoms with Crippen molar-refractivity contribution >= 4 is 5.91 Å². The van der Waals surface area contributed by atoms with Gasteiger partial charge in [-0.05, 0) is 26.2 Å². The van der Waals surface area contributed by atoms with Crippen LogP contribution in [-0.4, -0.2) is 42.6 Å². The zero-order chi connectivity index (χ0) is 12.2. The minimum Gasteiger partial charge on any atom is -0.377 e. The largest absolute Gasteiger partial charge is 0.377 e. The second kappa shape index (κ2) is 5.64. The van der Waals surface area contributed by atoms with Crippen molar-refractivity contribution in [3.8, 4) is 0 Å². The Kier molecular flexibility index (Phi) is 4.74. The van der Waals surface area contributed by atoms with Crippen LogP contribution in [0.25, 0.3) is 0 Å². The predicted octanol–water partition coefficient (Wildman–Crippen LogP) is 1.14. The Morgan fingerprint density at radius 2 is 2.31 bits per heavy atom. The molecule has 16 heavy (non-hydrogen) atoms. The molecule has 4 heteroatoms. The predicted molar refractivity (Wildman–Crippen MR) is 64.1 cm³/mol. The van der Waals surface area contributed by atoms with Crippen LogP contribution in [0, 0.1) is 0 Å². The summed E-state index contributed by atoms with van der Waals surface area (Å²) in [7, 11) is 1.71. The molecule has 1 saturated heterocycles. The summed E-state index contributed by atoms with van der Waals surface area (Å²) in [5.41, 5.74) is 5.66. The van der Waals surface area contributed by atoms with Gasteiger partial charge < -0.3 is 15.4 Å². The third-order valence-electron chi connectivity index (χ3n) is 3.38. The Morgan fingerprint density at radius 3 is 2.88 bits per heavy atom. The average molecular weight is 228 g/mol. The van der Waals surface area contributed by atoms with Gasteiger partial charge in [0.25, 0.3) is 0 Å². The van der Waals surface area contributed by atoms with E-state index in [1.54, 1.807) is 7.11 Å². The van der Waals surface area contributed by atoms with Gasteiger partial charge in [0.05, 0.1) is 11.6 Å². The van der Waals surface area contributed by atoms with E-state index in [1.807, 2.05) is 11.8 Å². The molecule has 0 spiro atoms. The van der Waals surface area contributed by atoms with Crippen molar-refractivity contribution in [3.63, 3.8) is 0 Å². The van der Waals surface area contributed by atoms with Crippen molar-refractivity contribution in [1.82, 2.24) is 4.90 Å². The van der Waals surface area contributed by atoms with Crippen LogP contribution in [-0.2, 0) is 9.53 Å². The molecule has 1 rings (SSSR count). The second-order valence-electron chi connectivity index (χ2n) is 4.91. The molecule has 0 radical (unpaired) electrons. The topological polar surface area (TPSA) is 55.6 Å². The lowest BCUT2D eigenvalue weighted by Crippen LogP contribution is -2.53. The molecule has 1 aliphatic rings. The molecule has 0 aromatic carbocycles. The van der Waals surface area contributed by atoms with Gasteiger partial charge in [0.1, 0.15) is 0 Å². The first-order valence-electron chi connectivity index (χ1n) is 6.12. The zero-order valence-electron chi connectivity index (χ0n) is 10.7. The maximum Gasteiger partial charge on any atom is 0.239 e. The van der Waals surface area contributed by atoms with Crippen LogP contribution < -0.4 is 5.73 Å². The number of nitrogens with two attached hydrogens (primary N) is 1. The van der Waals surface area contributed by atoms with Crippen molar-refractivity contribution < 1.29 is 9.53 Å². The van der Waals surface area contributed by atoms with Crippen LogP contribution in [0.5, 0.6) is 0 Å². The lowest BCUT2D eigenvalue weighted by atomic mass is 9.94. The van der Waals surface area contributed by atoms with Crippen LogP contribution >= 0.6 is 0 Å². The summed E-state index contributed by atoms with van der Waals surface area (Å²) in [6, 6.07) is -0.343. The van der Waals surface area contributed by atoms with E-state index in [0.29, 0.717) is 6.54 Å². The van der Waals surface area contributed by atoms with Crippen molar-refractivity contribution in [3.05, 3.63) is 0 Å². The molecule has 4 nitrogen and oxygen atoms in total. The zero-order valence-corrected chi connectivity index (χ0v) is 10.7. The highest BCUT2D eigenvalue weighted by Crippen LogP contribution is 2.24. The van der Waals surface area contributed by atoms with Crippen LogP contribution in [0.2, 0.25) is 0 Å². The van der Waals surface area contributed by atoms with E-state index in [-0.39, 0.29) is 17.6 Å². The summed E-state index contributed by atoms with van der Waals surface area (Å²) in [4.78, 5) is 13.9. The first-order chi connectivity index (χ1) is 7.52. The molecule has 1 unspecified atom stereocenters. The van der Waals surface area contributed by atoms with Crippen LogP contribution in [0.1, 0.15) is 39.5 Å². The van der Waals surface area contributed by atoms with Gasteiger partial charge in [0, 0.05) is 20.2 Å². The van der Waals surface area contributed by atoms with E-state index < -0.39 is 0 Å². The minimum absolute atomic E-state index is 0.0739. The Labute approximate surface area is 98.1 Å². The Bertz CT molecular complexity index is 245. The molecule has 1 aliphatic heterocycles. The minimum atomic E-state index is -0.343. The standard InChI is InChI=1S/C12H24N2O2/c1-4-6-10(13)11(15)14-8-5-7-12(2,9-14)16-3/h10H,4-9,13H2,1-3H3/t10-,12?/m1/s1. The van der Waals surface area contributed by atoms with E-state index in [4.69, 9.17) is 10.5 Å². The number of piperidine rings is 1. The van der Waals surface area contributed by atoms with Crippen molar-refractivity contribution in [2.45, 2.75) is 51.2 Å². The summed E-state index contributed by atoms with van der Waals surface area (Å²) in [6.07, 6.45) is 3.71. The highest BCUT2D eigenvalue weighted by atomic mass is 16.5. The number of methoxy groups -OCH3 is 1. The fraction of sp³-hybridized carbons (Fsp3) is 0.917. The van der Waals surface area contributed by atoms with Crippen molar-refractivity contribution in [2.24, 2.45) is 5.73 Å². The van der Waals surface area contributed by atoms with Gasteiger partial charge in [-0.2, -0.15) is 0 Å². The van der Waals surface area contributed by atoms with Crippen LogP contribution in [0.3, 0.4) is 0 Å². The number of carbonyl (C=O) groups excluding carboxylic acids is 1. The van der Waals surface area contributed by atoms with Crippen molar-refractivity contribution in [1.29, 1.82) is 0 Å².